The average molecular weight is 450 g/mol. The molecule has 2 heterocycles. The average Bonchev–Trinajstić information content (AvgIpc) is 3.19. The SMILES string of the molecule is COc1ccc(Cn2ccc(=O)n(-c3ccc4c(c3)CN(C(=O)OC(C)(C)C)C4)c2=O)cc1. The summed E-state index contributed by atoms with van der Waals surface area (Å²) < 4.78 is 13.3. The van der Waals surface area contributed by atoms with E-state index in [0.717, 1.165) is 27.0 Å². The van der Waals surface area contributed by atoms with Crippen molar-refractivity contribution in [2.45, 2.75) is 46.0 Å². The van der Waals surface area contributed by atoms with Gasteiger partial charge in [-0.2, -0.15) is 0 Å². The number of ether oxygens (including phenoxy) is 2. The smallest absolute Gasteiger partial charge is 0.410 e. The van der Waals surface area contributed by atoms with Gasteiger partial charge in [-0.3, -0.25) is 14.3 Å². The molecule has 0 fully saturated rings. The van der Waals surface area contributed by atoms with Gasteiger partial charge in [-0.05, 0) is 61.7 Å². The van der Waals surface area contributed by atoms with Crippen molar-refractivity contribution >= 4 is 6.09 Å². The Hall–Kier alpha value is -3.81. The van der Waals surface area contributed by atoms with Gasteiger partial charge in [-0.15, -0.1) is 0 Å². The molecule has 33 heavy (non-hydrogen) atoms. The second kappa shape index (κ2) is 8.61. The molecular formula is C25H27N3O5. The number of hydrogen-bond acceptors (Lipinski definition) is 5. The van der Waals surface area contributed by atoms with Gasteiger partial charge in [0.2, 0.25) is 0 Å². The van der Waals surface area contributed by atoms with Crippen molar-refractivity contribution in [2.75, 3.05) is 7.11 Å². The van der Waals surface area contributed by atoms with E-state index in [4.69, 9.17) is 9.47 Å². The Balaban J connectivity index is 1.61. The minimum Gasteiger partial charge on any atom is -0.497 e. The molecule has 0 saturated heterocycles. The zero-order valence-electron chi connectivity index (χ0n) is 19.2. The summed E-state index contributed by atoms with van der Waals surface area (Å²) in [6.45, 7) is 6.58. The van der Waals surface area contributed by atoms with Gasteiger partial charge >= 0.3 is 11.8 Å². The molecule has 172 valence electrons. The van der Waals surface area contributed by atoms with Gasteiger partial charge in [0, 0.05) is 25.4 Å². The minimum atomic E-state index is -0.580. The molecule has 1 aromatic heterocycles. The first-order chi connectivity index (χ1) is 15.6. The molecule has 0 saturated carbocycles. The first kappa shape index (κ1) is 22.4. The van der Waals surface area contributed by atoms with E-state index in [2.05, 4.69) is 0 Å². The predicted octanol–water partition coefficient (Wildman–Crippen LogP) is 3.31. The molecule has 2 aromatic carbocycles. The molecular weight excluding hydrogens is 422 g/mol. The molecule has 0 aliphatic carbocycles. The number of carbonyl (C=O) groups is 1. The van der Waals surface area contributed by atoms with Crippen molar-refractivity contribution < 1.29 is 14.3 Å². The lowest BCUT2D eigenvalue weighted by atomic mass is 10.1. The van der Waals surface area contributed by atoms with Crippen LogP contribution in [0.2, 0.25) is 0 Å². The molecule has 4 rings (SSSR count). The Morgan fingerprint density at radius 3 is 2.33 bits per heavy atom. The number of carbonyl (C=O) groups excluding carboxylic acids is 1. The second-order valence-corrected chi connectivity index (χ2v) is 9.04. The standard InChI is InChI=1S/C25H27N3O5/c1-25(2,3)33-24(31)27-15-18-7-8-20(13-19(18)16-27)28-22(29)11-12-26(23(28)30)14-17-5-9-21(32-4)10-6-17/h5-13H,14-16H2,1-4H3. The minimum absolute atomic E-state index is 0.320. The number of nitrogens with zero attached hydrogens (tertiary/aromatic N) is 3. The first-order valence-corrected chi connectivity index (χ1v) is 10.7. The summed E-state index contributed by atoms with van der Waals surface area (Å²) in [5.41, 5.74) is 1.81. The molecule has 0 unspecified atom stereocenters. The van der Waals surface area contributed by atoms with Crippen LogP contribution in [0.4, 0.5) is 4.79 Å². The van der Waals surface area contributed by atoms with Crippen LogP contribution in [0.25, 0.3) is 5.69 Å². The van der Waals surface area contributed by atoms with E-state index < -0.39 is 16.9 Å². The number of hydrogen-bond donors (Lipinski definition) is 0. The lowest BCUT2D eigenvalue weighted by molar-refractivity contribution is 0.0242. The summed E-state index contributed by atoms with van der Waals surface area (Å²) >= 11 is 0. The topological polar surface area (TPSA) is 82.8 Å². The predicted molar refractivity (Wildman–Crippen MR) is 124 cm³/mol. The third kappa shape index (κ3) is 4.84. The Morgan fingerprint density at radius 2 is 1.67 bits per heavy atom. The maximum absolute atomic E-state index is 13.2. The zero-order valence-corrected chi connectivity index (χ0v) is 19.2. The van der Waals surface area contributed by atoms with Crippen LogP contribution in [-0.2, 0) is 24.4 Å². The molecule has 0 atom stereocenters. The number of rotatable bonds is 4. The van der Waals surface area contributed by atoms with Crippen LogP contribution in [0, 0.1) is 0 Å². The number of amides is 1. The van der Waals surface area contributed by atoms with E-state index in [1.807, 2.05) is 51.1 Å². The Bertz CT molecular complexity index is 1300. The number of aromatic nitrogens is 2. The van der Waals surface area contributed by atoms with Crippen molar-refractivity contribution in [2.24, 2.45) is 0 Å². The maximum atomic E-state index is 13.2. The summed E-state index contributed by atoms with van der Waals surface area (Å²) in [6, 6.07) is 14.2. The molecule has 8 nitrogen and oxygen atoms in total. The molecule has 0 radical (unpaired) electrons. The normalized spacial score (nSPS) is 13.0. The van der Waals surface area contributed by atoms with E-state index in [9.17, 15) is 14.4 Å². The van der Waals surface area contributed by atoms with E-state index in [0.29, 0.717) is 25.3 Å². The fourth-order valence-electron chi connectivity index (χ4n) is 3.78. The van der Waals surface area contributed by atoms with Crippen LogP contribution in [0.5, 0.6) is 5.75 Å². The fraction of sp³-hybridized carbons (Fsp3) is 0.320. The molecule has 1 aliphatic rings. The molecule has 0 bridgehead atoms. The number of fused-ring (bicyclic) bond motifs is 1. The van der Waals surface area contributed by atoms with Gasteiger partial charge in [-0.25, -0.2) is 14.2 Å². The molecule has 8 heteroatoms. The third-order valence-corrected chi connectivity index (χ3v) is 5.39. The van der Waals surface area contributed by atoms with Crippen LogP contribution in [0.3, 0.4) is 0 Å². The summed E-state index contributed by atoms with van der Waals surface area (Å²) in [4.78, 5) is 39.8. The fourth-order valence-corrected chi connectivity index (χ4v) is 3.78. The van der Waals surface area contributed by atoms with Crippen molar-refractivity contribution in [3.8, 4) is 11.4 Å². The Kier molecular flexibility index (Phi) is 5.84. The van der Waals surface area contributed by atoms with Gasteiger partial charge in [0.1, 0.15) is 11.4 Å². The molecule has 0 spiro atoms. The second-order valence-electron chi connectivity index (χ2n) is 9.04. The summed E-state index contributed by atoms with van der Waals surface area (Å²) in [6.07, 6.45) is 1.11. The molecule has 0 N–H and O–H groups in total. The van der Waals surface area contributed by atoms with Crippen LogP contribution >= 0.6 is 0 Å². The molecule has 3 aromatic rings. The lowest BCUT2D eigenvalue weighted by Crippen LogP contribution is -2.38. The Morgan fingerprint density at radius 1 is 0.970 bits per heavy atom. The van der Waals surface area contributed by atoms with Gasteiger partial charge in [0.15, 0.2) is 0 Å². The van der Waals surface area contributed by atoms with E-state index in [1.54, 1.807) is 24.1 Å². The van der Waals surface area contributed by atoms with Gasteiger partial charge in [0.05, 0.1) is 19.3 Å². The van der Waals surface area contributed by atoms with Crippen LogP contribution in [0.1, 0.15) is 37.5 Å². The van der Waals surface area contributed by atoms with Gasteiger partial charge < -0.3 is 9.47 Å². The zero-order chi connectivity index (χ0) is 23.8. The third-order valence-electron chi connectivity index (χ3n) is 5.39. The first-order valence-electron chi connectivity index (χ1n) is 10.7. The van der Waals surface area contributed by atoms with E-state index >= 15 is 0 Å². The highest BCUT2D eigenvalue weighted by molar-refractivity contribution is 5.69. The van der Waals surface area contributed by atoms with Crippen molar-refractivity contribution in [3.05, 3.63) is 92.3 Å². The van der Waals surface area contributed by atoms with E-state index in [1.165, 1.54) is 16.8 Å². The lowest BCUT2D eigenvalue weighted by Gasteiger charge is -2.24. The van der Waals surface area contributed by atoms with Crippen LogP contribution in [-0.4, -0.2) is 32.8 Å². The monoisotopic (exact) mass is 449 g/mol. The number of methoxy groups -OCH3 is 1. The van der Waals surface area contributed by atoms with Crippen molar-refractivity contribution in [3.63, 3.8) is 0 Å². The Labute approximate surface area is 191 Å². The van der Waals surface area contributed by atoms with Crippen LogP contribution < -0.4 is 16.0 Å². The largest absolute Gasteiger partial charge is 0.497 e. The van der Waals surface area contributed by atoms with Gasteiger partial charge in [-0.1, -0.05) is 18.2 Å². The summed E-state index contributed by atoms with van der Waals surface area (Å²) in [5, 5.41) is 0. The summed E-state index contributed by atoms with van der Waals surface area (Å²) in [5.74, 6) is 0.731. The van der Waals surface area contributed by atoms with Crippen LogP contribution in [0.15, 0.2) is 64.3 Å². The van der Waals surface area contributed by atoms with Crippen molar-refractivity contribution in [1.82, 2.24) is 14.0 Å². The van der Waals surface area contributed by atoms with E-state index in [-0.39, 0.29) is 6.09 Å². The van der Waals surface area contributed by atoms with Crippen molar-refractivity contribution in [1.29, 1.82) is 0 Å². The molecule has 1 aliphatic heterocycles. The summed E-state index contributed by atoms with van der Waals surface area (Å²) in [7, 11) is 1.60. The maximum Gasteiger partial charge on any atom is 0.410 e. The van der Waals surface area contributed by atoms with Gasteiger partial charge in [0.25, 0.3) is 5.56 Å². The highest BCUT2D eigenvalue weighted by Crippen LogP contribution is 2.26. The highest BCUT2D eigenvalue weighted by Gasteiger charge is 2.28. The number of benzene rings is 2. The molecule has 1 amide bonds. The quantitative estimate of drug-likeness (QED) is 0.610. The highest BCUT2D eigenvalue weighted by atomic mass is 16.6.